The van der Waals surface area contributed by atoms with Crippen molar-refractivity contribution in [1.82, 2.24) is 4.98 Å². The molecule has 0 saturated heterocycles. The Hall–Kier alpha value is -1.20. The van der Waals surface area contributed by atoms with E-state index in [1.807, 2.05) is 24.4 Å². The van der Waals surface area contributed by atoms with E-state index in [1.54, 1.807) is 11.3 Å². The third kappa shape index (κ3) is 3.17. The third-order valence-corrected chi connectivity index (χ3v) is 4.37. The average molecular weight is 325 g/mol. The van der Waals surface area contributed by atoms with Gasteiger partial charge in [0.05, 0.1) is 0 Å². The van der Waals surface area contributed by atoms with Crippen LogP contribution in [0.2, 0.25) is 0 Å². The maximum Gasteiger partial charge on any atom is 0.123 e. The van der Waals surface area contributed by atoms with Crippen LogP contribution in [0.3, 0.4) is 0 Å². The number of rotatable bonds is 4. The van der Waals surface area contributed by atoms with E-state index in [4.69, 9.17) is 5.21 Å². The van der Waals surface area contributed by atoms with E-state index in [0.717, 1.165) is 10.6 Å². The van der Waals surface area contributed by atoms with Crippen molar-refractivity contribution in [3.8, 4) is 10.6 Å². The molecule has 2 aromatic rings. The lowest BCUT2D eigenvalue weighted by molar-refractivity contribution is 0.319. The first-order valence-corrected chi connectivity index (χ1v) is 7.19. The van der Waals surface area contributed by atoms with E-state index in [0.29, 0.717) is 11.0 Å². The highest BCUT2D eigenvalue weighted by Crippen LogP contribution is 2.31. The molecule has 1 atom stereocenters. The molecule has 0 aliphatic heterocycles. The molecule has 0 bridgehead atoms. The topological polar surface area (TPSA) is 45.5 Å². The number of hydrogen-bond donors (Lipinski definition) is 1. The SMILES string of the molecule is CC(C/C(Br)=N\O)c1cnc(-c2ccccc2)s1. The molecule has 18 heavy (non-hydrogen) atoms. The third-order valence-electron chi connectivity index (χ3n) is 2.61. The summed E-state index contributed by atoms with van der Waals surface area (Å²) in [4.78, 5) is 5.63. The van der Waals surface area contributed by atoms with E-state index >= 15 is 0 Å². The van der Waals surface area contributed by atoms with Crippen LogP contribution in [-0.2, 0) is 0 Å². The number of hydrogen-bond acceptors (Lipinski definition) is 4. The number of nitrogens with zero attached hydrogens (tertiary/aromatic N) is 2. The van der Waals surface area contributed by atoms with Gasteiger partial charge in [0, 0.05) is 23.1 Å². The van der Waals surface area contributed by atoms with Gasteiger partial charge in [-0.1, -0.05) is 42.4 Å². The number of aromatic nitrogens is 1. The molecule has 0 aliphatic rings. The van der Waals surface area contributed by atoms with Gasteiger partial charge in [-0.05, 0) is 21.8 Å². The van der Waals surface area contributed by atoms with Gasteiger partial charge in [-0.3, -0.25) is 0 Å². The number of halogens is 1. The van der Waals surface area contributed by atoms with Gasteiger partial charge < -0.3 is 5.21 Å². The molecule has 5 heteroatoms. The Labute approximate surface area is 118 Å². The summed E-state index contributed by atoms with van der Waals surface area (Å²) in [6.45, 7) is 2.09. The fraction of sp³-hybridized carbons (Fsp3) is 0.231. The van der Waals surface area contributed by atoms with E-state index in [1.165, 1.54) is 4.88 Å². The zero-order chi connectivity index (χ0) is 13.0. The molecule has 1 aromatic heterocycles. The summed E-state index contributed by atoms with van der Waals surface area (Å²) in [7, 11) is 0. The normalized spacial score (nSPS) is 13.6. The van der Waals surface area contributed by atoms with Crippen LogP contribution >= 0.6 is 27.3 Å². The van der Waals surface area contributed by atoms with Crippen LogP contribution in [0.25, 0.3) is 10.6 Å². The van der Waals surface area contributed by atoms with Crippen LogP contribution in [0.1, 0.15) is 24.1 Å². The van der Waals surface area contributed by atoms with E-state index in [-0.39, 0.29) is 5.92 Å². The van der Waals surface area contributed by atoms with Gasteiger partial charge in [-0.25, -0.2) is 4.98 Å². The van der Waals surface area contributed by atoms with Gasteiger partial charge in [0.1, 0.15) is 9.63 Å². The molecule has 94 valence electrons. The molecule has 0 amide bonds. The smallest absolute Gasteiger partial charge is 0.123 e. The van der Waals surface area contributed by atoms with Gasteiger partial charge in [-0.15, -0.1) is 11.3 Å². The number of oxime groups is 1. The molecule has 1 aromatic carbocycles. The van der Waals surface area contributed by atoms with Crippen molar-refractivity contribution in [1.29, 1.82) is 0 Å². The summed E-state index contributed by atoms with van der Waals surface area (Å²) in [6.07, 6.45) is 2.57. The summed E-state index contributed by atoms with van der Waals surface area (Å²) >= 11 is 4.89. The van der Waals surface area contributed by atoms with Crippen LogP contribution in [-0.4, -0.2) is 14.8 Å². The van der Waals surface area contributed by atoms with Gasteiger partial charge in [-0.2, -0.15) is 0 Å². The lowest BCUT2D eigenvalue weighted by atomic mass is 10.1. The molecule has 2 rings (SSSR count). The van der Waals surface area contributed by atoms with Crippen molar-refractivity contribution in [2.24, 2.45) is 5.16 Å². The predicted octanol–water partition coefficient (Wildman–Crippen LogP) is 4.49. The van der Waals surface area contributed by atoms with Crippen LogP contribution in [0, 0.1) is 0 Å². The van der Waals surface area contributed by atoms with Crippen LogP contribution < -0.4 is 0 Å². The summed E-state index contributed by atoms with van der Waals surface area (Å²) in [6, 6.07) is 10.1. The van der Waals surface area contributed by atoms with E-state index in [9.17, 15) is 0 Å². The second-order valence-electron chi connectivity index (χ2n) is 4.02. The monoisotopic (exact) mass is 324 g/mol. The minimum Gasteiger partial charge on any atom is -0.410 e. The van der Waals surface area contributed by atoms with Crippen molar-refractivity contribution in [3.05, 3.63) is 41.4 Å². The minimum absolute atomic E-state index is 0.283. The van der Waals surface area contributed by atoms with Crippen molar-refractivity contribution in [2.45, 2.75) is 19.3 Å². The Morgan fingerprint density at radius 1 is 1.44 bits per heavy atom. The first-order valence-electron chi connectivity index (χ1n) is 5.58. The standard InChI is InChI=1S/C13H13BrN2OS/c1-9(7-12(14)16-17)11-8-15-13(18-11)10-5-3-2-4-6-10/h2-6,8-9,17H,7H2,1H3/b16-12+. The molecule has 0 saturated carbocycles. The van der Waals surface area contributed by atoms with Crippen LogP contribution in [0.15, 0.2) is 41.7 Å². The second-order valence-corrected chi connectivity index (χ2v) is 5.99. The lowest BCUT2D eigenvalue weighted by Crippen LogP contribution is -1.96. The number of thiazole rings is 1. The molecular formula is C13H13BrN2OS. The second kappa shape index (κ2) is 6.11. The summed E-state index contributed by atoms with van der Waals surface area (Å²) in [5.74, 6) is 0.283. The Morgan fingerprint density at radius 2 is 2.17 bits per heavy atom. The molecular weight excluding hydrogens is 312 g/mol. The molecule has 0 radical (unpaired) electrons. The maximum atomic E-state index is 8.64. The molecule has 0 spiro atoms. The minimum atomic E-state index is 0.283. The maximum absolute atomic E-state index is 8.64. The van der Waals surface area contributed by atoms with Crippen LogP contribution in [0.5, 0.6) is 0 Å². The van der Waals surface area contributed by atoms with Gasteiger partial charge in [0.25, 0.3) is 0 Å². The quantitative estimate of drug-likeness (QED) is 0.511. The Bertz CT molecular complexity index is 539. The molecule has 0 aliphatic carbocycles. The molecule has 1 N–H and O–H groups in total. The molecule has 1 unspecified atom stereocenters. The van der Waals surface area contributed by atoms with Crippen molar-refractivity contribution in [2.75, 3.05) is 0 Å². The van der Waals surface area contributed by atoms with E-state index in [2.05, 4.69) is 45.1 Å². The van der Waals surface area contributed by atoms with Crippen molar-refractivity contribution < 1.29 is 5.21 Å². The molecule has 1 heterocycles. The Balaban J connectivity index is 2.16. The lowest BCUT2D eigenvalue weighted by Gasteiger charge is -2.05. The molecule has 0 fully saturated rings. The van der Waals surface area contributed by atoms with Crippen LogP contribution in [0.4, 0.5) is 0 Å². The Kier molecular flexibility index (Phi) is 4.49. The largest absolute Gasteiger partial charge is 0.410 e. The van der Waals surface area contributed by atoms with Crippen molar-refractivity contribution in [3.63, 3.8) is 0 Å². The highest BCUT2D eigenvalue weighted by molar-refractivity contribution is 9.18. The fourth-order valence-corrected chi connectivity index (χ4v) is 3.08. The molecule has 3 nitrogen and oxygen atoms in total. The highest BCUT2D eigenvalue weighted by Gasteiger charge is 2.12. The first kappa shape index (κ1) is 13.2. The summed E-state index contributed by atoms with van der Waals surface area (Å²) < 4.78 is 0.560. The summed E-state index contributed by atoms with van der Waals surface area (Å²) in [5.41, 5.74) is 1.14. The van der Waals surface area contributed by atoms with Crippen molar-refractivity contribution >= 4 is 31.9 Å². The Morgan fingerprint density at radius 3 is 2.83 bits per heavy atom. The summed E-state index contributed by atoms with van der Waals surface area (Å²) in [5, 5.41) is 12.8. The van der Waals surface area contributed by atoms with Gasteiger partial charge in [0.2, 0.25) is 0 Å². The van der Waals surface area contributed by atoms with Gasteiger partial charge in [0.15, 0.2) is 0 Å². The van der Waals surface area contributed by atoms with E-state index < -0.39 is 0 Å². The number of benzene rings is 1. The predicted molar refractivity (Wildman–Crippen MR) is 78.7 cm³/mol. The van der Waals surface area contributed by atoms with Gasteiger partial charge >= 0.3 is 0 Å². The zero-order valence-corrected chi connectivity index (χ0v) is 12.3. The fourth-order valence-electron chi connectivity index (χ4n) is 1.62. The first-order chi connectivity index (χ1) is 8.70. The average Bonchev–Trinajstić information content (AvgIpc) is 2.89. The highest BCUT2D eigenvalue weighted by atomic mass is 79.9. The zero-order valence-electron chi connectivity index (χ0n) is 9.88.